The molecule has 5 heteroatoms. The molecule has 3 N–H and O–H groups in total. The summed E-state index contributed by atoms with van der Waals surface area (Å²) in [6.07, 6.45) is 19.0. The molecule has 0 bridgehead atoms. The van der Waals surface area contributed by atoms with Gasteiger partial charge in [-0.05, 0) is 13.3 Å². The van der Waals surface area contributed by atoms with Gasteiger partial charge in [0.25, 0.3) is 0 Å². The Morgan fingerprint density at radius 1 is 0.714 bits per heavy atom. The standard InChI is InChI=1S/C21H42O4.C2H6O/c1-2-3-4-5-6-7-8-9-10-11-12-13-14-15-16-17-21(24)25-19-20(23)18-22;1-2-3/h20,22-23H,2-19H2,1H3;3H,2H2,1H3. The molecule has 170 valence electrons. The first kappa shape index (κ1) is 29.6. The second-order valence-electron chi connectivity index (χ2n) is 7.54. The van der Waals surface area contributed by atoms with E-state index in [0.29, 0.717) is 6.42 Å². The Kier molecular flexibility index (Phi) is 27.8. The highest BCUT2D eigenvalue weighted by atomic mass is 16.5. The van der Waals surface area contributed by atoms with E-state index in [1.807, 2.05) is 0 Å². The topological polar surface area (TPSA) is 87.0 Å². The Labute approximate surface area is 173 Å². The van der Waals surface area contributed by atoms with Crippen molar-refractivity contribution in [2.45, 2.75) is 123 Å². The van der Waals surface area contributed by atoms with Crippen molar-refractivity contribution < 1.29 is 24.9 Å². The van der Waals surface area contributed by atoms with Crippen LogP contribution in [0.15, 0.2) is 0 Å². The zero-order valence-electron chi connectivity index (χ0n) is 18.7. The second-order valence-corrected chi connectivity index (χ2v) is 7.54. The summed E-state index contributed by atoms with van der Waals surface area (Å²) in [7, 11) is 0. The molecule has 0 saturated carbocycles. The summed E-state index contributed by atoms with van der Waals surface area (Å²) < 4.78 is 4.86. The Bertz CT molecular complexity index is 297. The van der Waals surface area contributed by atoms with Crippen molar-refractivity contribution >= 4 is 5.97 Å². The van der Waals surface area contributed by atoms with E-state index in [1.54, 1.807) is 6.92 Å². The van der Waals surface area contributed by atoms with Crippen LogP contribution in [0.1, 0.15) is 117 Å². The maximum Gasteiger partial charge on any atom is 0.305 e. The molecule has 0 amide bonds. The van der Waals surface area contributed by atoms with E-state index < -0.39 is 6.10 Å². The highest BCUT2D eigenvalue weighted by Crippen LogP contribution is 2.13. The summed E-state index contributed by atoms with van der Waals surface area (Å²) in [5.74, 6) is -0.276. The van der Waals surface area contributed by atoms with E-state index in [1.165, 1.54) is 83.5 Å². The fraction of sp³-hybridized carbons (Fsp3) is 0.957. The molecule has 0 aliphatic carbocycles. The minimum absolute atomic E-state index is 0.103. The SMILES string of the molecule is CCCCCCCCCCCCCCCCCC(=O)OCC(O)CO.CCO. The van der Waals surface area contributed by atoms with Gasteiger partial charge in [0.1, 0.15) is 12.7 Å². The van der Waals surface area contributed by atoms with E-state index >= 15 is 0 Å². The van der Waals surface area contributed by atoms with Crippen molar-refractivity contribution in [3.8, 4) is 0 Å². The molecule has 0 aliphatic rings. The van der Waals surface area contributed by atoms with E-state index in [0.717, 1.165) is 12.8 Å². The monoisotopic (exact) mass is 404 g/mol. The number of aliphatic hydroxyl groups excluding tert-OH is 3. The molecule has 5 nitrogen and oxygen atoms in total. The van der Waals surface area contributed by atoms with Crippen molar-refractivity contribution in [1.29, 1.82) is 0 Å². The van der Waals surface area contributed by atoms with Gasteiger partial charge in [0.2, 0.25) is 0 Å². The molecule has 1 atom stereocenters. The van der Waals surface area contributed by atoms with Crippen LogP contribution in [0, 0.1) is 0 Å². The molecule has 0 aromatic carbocycles. The molecule has 0 aromatic rings. The number of esters is 1. The summed E-state index contributed by atoms with van der Waals surface area (Å²) in [5.41, 5.74) is 0. The van der Waals surface area contributed by atoms with Crippen molar-refractivity contribution in [1.82, 2.24) is 0 Å². The molecule has 28 heavy (non-hydrogen) atoms. The van der Waals surface area contributed by atoms with Gasteiger partial charge < -0.3 is 20.1 Å². The Balaban J connectivity index is 0. The summed E-state index contributed by atoms with van der Waals surface area (Å²) in [6, 6.07) is 0. The number of hydrogen-bond acceptors (Lipinski definition) is 5. The molecular weight excluding hydrogens is 356 g/mol. The van der Waals surface area contributed by atoms with Gasteiger partial charge in [0, 0.05) is 13.0 Å². The summed E-state index contributed by atoms with van der Waals surface area (Å²) in [5, 5.41) is 25.3. The van der Waals surface area contributed by atoms with Gasteiger partial charge in [0.05, 0.1) is 6.61 Å². The van der Waals surface area contributed by atoms with Gasteiger partial charge in [-0.1, -0.05) is 96.8 Å². The number of aliphatic hydroxyl groups is 3. The summed E-state index contributed by atoms with van der Waals surface area (Å²) in [4.78, 5) is 11.4. The lowest BCUT2D eigenvalue weighted by molar-refractivity contribution is -0.147. The largest absolute Gasteiger partial charge is 0.463 e. The van der Waals surface area contributed by atoms with Crippen LogP contribution >= 0.6 is 0 Å². The average Bonchev–Trinajstić information content (AvgIpc) is 2.69. The van der Waals surface area contributed by atoms with E-state index in [9.17, 15) is 4.79 Å². The Hall–Kier alpha value is -0.650. The summed E-state index contributed by atoms with van der Waals surface area (Å²) >= 11 is 0. The first-order valence-electron chi connectivity index (χ1n) is 11.7. The van der Waals surface area contributed by atoms with Crippen LogP contribution in [-0.2, 0) is 9.53 Å². The van der Waals surface area contributed by atoms with Gasteiger partial charge >= 0.3 is 5.97 Å². The smallest absolute Gasteiger partial charge is 0.305 e. The number of carbonyl (C=O) groups excluding carboxylic acids is 1. The first-order valence-corrected chi connectivity index (χ1v) is 11.7. The van der Waals surface area contributed by atoms with Crippen molar-refractivity contribution in [3.63, 3.8) is 0 Å². The number of unbranched alkanes of at least 4 members (excludes halogenated alkanes) is 14. The van der Waals surface area contributed by atoms with Crippen LogP contribution in [0.5, 0.6) is 0 Å². The molecular formula is C23H48O5. The lowest BCUT2D eigenvalue weighted by Crippen LogP contribution is -2.21. The third kappa shape index (κ3) is 27.6. The number of ether oxygens (including phenoxy) is 1. The third-order valence-electron chi connectivity index (χ3n) is 4.63. The minimum Gasteiger partial charge on any atom is -0.463 e. The van der Waals surface area contributed by atoms with Crippen LogP contribution in [0.25, 0.3) is 0 Å². The maximum absolute atomic E-state index is 11.4. The molecule has 0 rings (SSSR count). The predicted octanol–water partition coefficient (Wildman–Crippen LogP) is 5.14. The predicted molar refractivity (Wildman–Crippen MR) is 116 cm³/mol. The molecule has 0 radical (unpaired) electrons. The Morgan fingerprint density at radius 3 is 1.43 bits per heavy atom. The molecule has 0 spiro atoms. The maximum atomic E-state index is 11.4. The first-order chi connectivity index (χ1) is 13.6. The highest BCUT2D eigenvalue weighted by molar-refractivity contribution is 5.69. The van der Waals surface area contributed by atoms with Crippen molar-refractivity contribution in [2.75, 3.05) is 19.8 Å². The molecule has 0 aromatic heterocycles. The lowest BCUT2D eigenvalue weighted by atomic mass is 10.0. The number of carbonyl (C=O) groups is 1. The van der Waals surface area contributed by atoms with Gasteiger partial charge in [-0.15, -0.1) is 0 Å². The average molecular weight is 405 g/mol. The minimum atomic E-state index is -0.954. The van der Waals surface area contributed by atoms with Crippen molar-refractivity contribution in [2.24, 2.45) is 0 Å². The lowest BCUT2D eigenvalue weighted by Gasteiger charge is -2.08. The van der Waals surface area contributed by atoms with E-state index in [-0.39, 0.29) is 25.8 Å². The third-order valence-corrected chi connectivity index (χ3v) is 4.63. The molecule has 0 aliphatic heterocycles. The normalized spacial score (nSPS) is 11.6. The van der Waals surface area contributed by atoms with Crippen LogP contribution in [0.3, 0.4) is 0 Å². The fourth-order valence-corrected chi connectivity index (χ4v) is 2.95. The van der Waals surface area contributed by atoms with E-state index in [4.69, 9.17) is 20.1 Å². The number of hydrogen-bond donors (Lipinski definition) is 3. The van der Waals surface area contributed by atoms with Gasteiger partial charge in [0.15, 0.2) is 0 Å². The zero-order chi connectivity index (χ0) is 21.3. The summed E-state index contributed by atoms with van der Waals surface area (Å²) in [6.45, 7) is 3.72. The van der Waals surface area contributed by atoms with Crippen molar-refractivity contribution in [3.05, 3.63) is 0 Å². The van der Waals surface area contributed by atoms with Crippen LogP contribution in [-0.4, -0.2) is 47.2 Å². The molecule has 0 saturated heterocycles. The molecule has 0 fully saturated rings. The van der Waals surface area contributed by atoms with Gasteiger partial charge in [-0.3, -0.25) is 4.79 Å². The Morgan fingerprint density at radius 2 is 1.07 bits per heavy atom. The van der Waals surface area contributed by atoms with Crippen LogP contribution in [0.2, 0.25) is 0 Å². The van der Waals surface area contributed by atoms with Crippen LogP contribution in [0.4, 0.5) is 0 Å². The molecule has 1 unspecified atom stereocenters. The highest BCUT2D eigenvalue weighted by Gasteiger charge is 2.07. The second kappa shape index (κ2) is 26.4. The molecule has 0 heterocycles. The number of rotatable bonds is 19. The van der Waals surface area contributed by atoms with Gasteiger partial charge in [-0.2, -0.15) is 0 Å². The zero-order valence-corrected chi connectivity index (χ0v) is 18.7. The van der Waals surface area contributed by atoms with Crippen LogP contribution < -0.4 is 0 Å². The van der Waals surface area contributed by atoms with Gasteiger partial charge in [-0.25, -0.2) is 0 Å². The quantitative estimate of drug-likeness (QED) is 0.205. The van der Waals surface area contributed by atoms with E-state index in [2.05, 4.69) is 6.92 Å². The fourth-order valence-electron chi connectivity index (χ4n) is 2.95.